The summed E-state index contributed by atoms with van der Waals surface area (Å²) in [6, 6.07) is 0. The van der Waals surface area contributed by atoms with Gasteiger partial charge in [0.2, 0.25) is 0 Å². The van der Waals surface area contributed by atoms with Crippen LogP contribution < -0.4 is 12.4 Å². The summed E-state index contributed by atoms with van der Waals surface area (Å²) < 4.78 is 15.6. The van der Waals surface area contributed by atoms with Crippen LogP contribution in [0.1, 0.15) is 13.8 Å². The van der Waals surface area contributed by atoms with Gasteiger partial charge >= 0.3 is 25.2 Å². The van der Waals surface area contributed by atoms with Gasteiger partial charge < -0.3 is 37.5 Å². The molecule has 0 radical (unpaired) electrons. The second-order valence-electron chi connectivity index (χ2n) is 4.02. The quantitative estimate of drug-likeness (QED) is 0.354. The molecule has 1 unspecified atom stereocenters. The van der Waals surface area contributed by atoms with E-state index in [0.29, 0.717) is 24.7 Å². The van der Waals surface area contributed by atoms with Crippen molar-refractivity contribution < 1.29 is 50.9 Å². The van der Waals surface area contributed by atoms with Crippen LogP contribution in [0, 0.1) is 0 Å². The average molecular weight is 381 g/mol. The fourth-order valence-corrected chi connectivity index (χ4v) is 1.69. The summed E-state index contributed by atoms with van der Waals surface area (Å²) in [6.07, 6.45) is 5.03. The molecule has 1 saturated heterocycles. The zero-order valence-corrected chi connectivity index (χ0v) is 16.9. The number of hydrogen-bond acceptors (Lipinski definition) is 3. The van der Waals surface area contributed by atoms with Crippen molar-refractivity contribution in [2.75, 3.05) is 39.5 Å². The molecule has 0 spiro atoms. The Morgan fingerprint density at radius 3 is 2.41 bits per heavy atom. The largest absolute Gasteiger partial charge is 2.00 e. The zero-order valence-electron chi connectivity index (χ0n) is 13.2. The molecule has 1 heterocycles. The number of ether oxygens (including phenoxy) is 3. The first kappa shape index (κ1) is 23.7. The first-order valence-corrected chi connectivity index (χ1v) is 6.89. The summed E-state index contributed by atoms with van der Waals surface area (Å²) in [5.41, 5.74) is 9.22. The molecule has 22 heavy (non-hydrogen) atoms. The van der Waals surface area contributed by atoms with Crippen LogP contribution in [0.3, 0.4) is 0 Å². The topological polar surface area (TPSA) is 78.2 Å². The molecule has 1 fully saturated rings. The smallest absolute Gasteiger partial charge is 1.00 e. The van der Waals surface area contributed by atoms with Crippen molar-refractivity contribution in [2.45, 2.75) is 20.0 Å². The van der Waals surface area contributed by atoms with E-state index in [1.54, 1.807) is 6.08 Å². The maximum atomic E-state index is 8.75. The standard InChI is InChI=1S/C10H14N2O2.C4H8NO.ClH.Zn/c1-3-13-8-5-6-10(14-4-2)9(7-8)12-11;1-3-6-4-2-5-1;;/h5-7,10H,3-4H2,1-2H3;1-4H2;1H;/q;-1;;+2/p-1. The molecule has 0 aromatic carbocycles. The fourth-order valence-electron chi connectivity index (χ4n) is 1.69. The van der Waals surface area contributed by atoms with Crippen LogP contribution in [0.2, 0.25) is 0 Å². The van der Waals surface area contributed by atoms with E-state index >= 15 is 0 Å². The Hall–Kier alpha value is -0.547. The van der Waals surface area contributed by atoms with E-state index in [2.05, 4.69) is 10.1 Å². The number of nitrogens with zero attached hydrogens (tertiary/aromatic N) is 3. The molecule has 1 aliphatic carbocycles. The molecule has 0 amide bonds. The summed E-state index contributed by atoms with van der Waals surface area (Å²) >= 11 is 0. The second-order valence-corrected chi connectivity index (χ2v) is 4.02. The minimum absolute atomic E-state index is 0. The van der Waals surface area contributed by atoms with Gasteiger partial charge in [-0.25, -0.2) is 0 Å². The third kappa shape index (κ3) is 9.47. The molecule has 0 aromatic heterocycles. The molecule has 2 rings (SSSR count). The van der Waals surface area contributed by atoms with Crippen LogP contribution in [-0.2, 0) is 33.7 Å². The molecular weight excluding hydrogens is 359 g/mol. The number of morpholine rings is 1. The Labute approximate surface area is 151 Å². The third-order valence-corrected chi connectivity index (χ3v) is 2.58. The summed E-state index contributed by atoms with van der Waals surface area (Å²) in [6.45, 7) is 8.43. The van der Waals surface area contributed by atoms with Crippen molar-refractivity contribution in [1.82, 2.24) is 0 Å². The van der Waals surface area contributed by atoms with Crippen molar-refractivity contribution >= 4 is 5.71 Å². The molecule has 0 aromatic rings. The van der Waals surface area contributed by atoms with Gasteiger partial charge in [-0.2, -0.15) is 4.79 Å². The molecular formula is C14H22ClN3O3Zn. The summed E-state index contributed by atoms with van der Waals surface area (Å²) in [5, 5.41) is 4.05. The van der Waals surface area contributed by atoms with Gasteiger partial charge in [-0.05, 0) is 26.0 Å². The minimum atomic E-state index is -0.269. The monoisotopic (exact) mass is 379 g/mol. The molecule has 8 heteroatoms. The number of halogens is 1. The third-order valence-electron chi connectivity index (χ3n) is 2.58. The Morgan fingerprint density at radius 2 is 2.00 bits per heavy atom. The van der Waals surface area contributed by atoms with Crippen LogP contribution in [0.15, 0.2) is 24.0 Å². The van der Waals surface area contributed by atoms with Crippen LogP contribution in [0.5, 0.6) is 0 Å². The van der Waals surface area contributed by atoms with E-state index in [-0.39, 0.29) is 38.0 Å². The van der Waals surface area contributed by atoms with E-state index in [1.807, 2.05) is 26.0 Å². The Kier molecular flexibility index (Phi) is 16.6. The van der Waals surface area contributed by atoms with Crippen molar-refractivity contribution in [3.05, 3.63) is 34.8 Å². The normalized spacial score (nSPS) is 19.5. The summed E-state index contributed by atoms with van der Waals surface area (Å²) in [7, 11) is 0. The molecule has 0 bridgehead atoms. The van der Waals surface area contributed by atoms with Gasteiger partial charge in [-0.1, -0.05) is 0 Å². The van der Waals surface area contributed by atoms with Gasteiger partial charge in [0.1, 0.15) is 5.76 Å². The van der Waals surface area contributed by atoms with Crippen LogP contribution in [0.25, 0.3) is 10.8 Å². The Bertz CT molecular complexity index is 383. The maximum Gasteiger partial charge on any atom is 2.00 e. The van der Waals surface area contributed by atoms with Gasteiger partial charge in [0, 0.05) is 19.8 Å². The van der Waals surface area contributed by atoms with E-state index < -0.39 is 0 Å². The van der Waals surface area contributed by atoms with Crippen LogP contribution in [-0.4, -0.2) is 56.1 Å². The molecule has 2 aliphatic rings. The van der Waals surface area contributed by atoms with Crippen molar-refractivity contribution in [3.63, 3.8) is 0 Å². The second kappa shape index (κ2) is 15.4. The Balaban J connectivity index is 0. The van der Waals surface area contributed by atoms with Crippen molar-refractivity contribution in [2.24, 2.45) is 0 Å². The maximum absolute atomic E-state index is 8.75. The van der Waals surface area contributed by atoms with E-state index in [9.17, 15) is 0 Å². The predicted molar refractivity (Wildman–Crippen MR) is 76.8 cm³/mol. The SMILES string of the molecule is C1COCC[N-]1.CCOC1=CC(=[N+]=[N-])C(OCC)C=C1.[Cl-].[Zn+2]. The minimum Gasteiger partial charge on any atom is -1.00 e. The van der Waals surface area contributed by atoms with E-state index in [4.69, 9.17) is 19.7 Å². The first-order chi connectivity index (χ1) is 9.81. The number of hydrogen-bond donors (Lipinski definition) is 0. The zero-order chi connectivity index (χ0) is 14.6. The molecule has 1 atom stereocenters. The van der Waals surface area contributed by atoms with Gasteiger partial charge in [0.25, 0.3) is 0 Å². The number of rotatable bonds is 4. The van der Waals surface area contributed by atoms with Crippen molar-refractivity contribution in [1.29, 1.82) is 0 Å². The van der Waals surface area contributed by atoms with Gasteiger partial charge in [-0.3, -0.25) is 0 Å². The van der Waals surface area contributed by atoms with Gasteiger partial charge in [0.05, 0.1) is 12.7 Å². The number of allylic oxidation sites excluding steroid dienone is 1. The summed E-state index contributed by atoms with van der Waals surface area (Å²) in [5.74, 6) is 0.691. The fraction of sp³-hybridized carbons (Fsp3) is 0.643. The molecule has 6 nitrogen and oxygen atoms in total. The molecule has 1 aliphatic heterocycles. The Morgan fingerprint density at radius 1 is 1.32 bits per heavy atom. The van der Waals surface area contributed by atoms with Gasteiger partial charge in [0.15, 0.2) is 6.10 Å². The van der Waals surface area contributed by atoms with Gasteiger partial charge in [-0.15, -0.1) is 13.1 Å². The molecule has 0 saturated carbocycles. The van der Waals surface area contributed by atoms with Crippen LogP contribution in [0.4, 0.5) is 0 Å². The average Bonchev–Trinajstić information content (AvgIpc) is 2.51. The van der Waals surface area contributed by atoms with Crippen LogP contribution >= 0.6 is 0 Å². The first-order valence-electron chi connectivity index (χ1n) is 6.89. The van der Waals surface area contributed by atoms with E-state index in [1.165, 1.54) is 0 Å². The van der Waals surface area contributed by atoms with Crippen molar-refractivity contribution in [3.8, 4) is 0 Å². The van der Waals surface area contributed by atoms with E-state index in [0.717, 1.165) is 26.3 Å². The summed E-state index contributed by atoms with van der Waals surface area (Å²) in [4.78, 5) is 3.16. The predicted octanol–water partition coefficient (Wildman–Crippen LogP) is -1.06. The molecule has 0 N–H and O–H groups in total. The molecule has 120 valence electrons.